The van der Waals surface area contributed by atoms with Crippen LogP contribution < -0.4 is 10.6 Å². The number of rotatable bonds is 10. The zero-order valence-corrected chi connectivity index (χ0v) is 35.1. The molecule has 2 aliphatic heterocycles. The number of esters is 1. The number of hydrogen-bond acceptors (Lipinski definition) is 7. The lowest BCUT2D eigenvalue weighted by Gasteiger charge is -2.40. The summed E-state index contributed by atoms with van der Waals surface area (Å²) in [6.45, 7) is 3.85. The van der Waals surface area contributed by atoms with Crippen LogP contribution in [0, 0.1) is 0 Å². The van der Waals surface area contributed by atoms with Crippen molar-refractivity contribution in [3.05, 3.63) is 108 Å². The maximum absolute atomic E-state index is 13.1. The van der Waals surface area contributed by atoms with Crippen molar-refractivity contribution in [1.82, 2.24) is 30.2 Å². The molecule has 326 valence electrons. The Kier molecular flexibility index (Phi) is 15.8. The minimum absolute atomic E-state index is 0.0514. The highest BCUT2D eigenvalue weighted by Gasteiger charge is 2.44. The van der Waals surface area contributed by atoms with Crippen LogP contribution in [-0.2, 0) is 43.4 Å². The lowest BCUT2D eigenvalue weighted by atomic mass is 9.81. The largest absolute Gasteiger partial charge is 0.480 e. The van der Waals surface area contributed by atoms with Gasteiger partial charge in [0, 0.05) is 52.4 Å². The van der Waals surface area contributed by atoms with Crippen LogP contribution in [0.2, 0.25) is 0 Å². The van der Waals surface area contributed by atoms with Crippen LogP contribution in [0.15, 0.2) is 91.0 Å². The van der Waals surface area contributed by atoms with E-state index in [0.29, 0.717) is 90.9 Å². The molecule has 2 saturated carbocycles. The molecule has 2 heterocycles. The zero-order chi connectivity index (χ0) is 43.1. The molecule has 3 aromatic rings. The Hall–Kier alpha value is -5.92. The molecule has 0 atom stereocenters. The first kappa shape index (κ1) is 44.6. The van der Waals surface area contributed by atoms with E-state index in [1.54, 1.807) is 19.6 Å². The van der Waals surface area contributed by atoms with Crippen LogP contribution in [0.5, 0.6) is 0 Å². The van der Waals surface area contributed by atoms with Gasteiger partial charge in [0.15, 0.2) is 0 Å². The van der Waals surface area contributed by atoms with Crippen molar-refractivity contribution in [1.29, 1.82) is 0 Å². The van der Waals surface area contributed by atoms with Crippen molar-refractivity contribution >= 4 is 35.8 Å². The highest BCUT2D eigenvalue weighted by Crippen LogP contribution is 2.31. The molecule has 2 saturated heterocycles. The molecule has 4 fully saturated rings. The van der Waals surface area contributed by atoms with E-state index in [9.17, 15) is 33.9 Å². The van der Waals surface area contributed by atoms with Gasteiger partial charge in [0.25, 0.3) is 0 Å². The monoisotopic (exact) mass is 836 g/mol. The van der Waals surface area contributed by atoms with Gasteiger partial charge in [-0.1, -0.05) is 130 Å². The first-order chi connectivity index (χ1) is 29.6. The third-order valence-electron chi connectivity index (χ3n) is 12.4. The molecule has 14 heteroatoms. The number of nitrogens with zero attached hydrogens (tertiary/aromatic N) is 4. The second-order valence-electron chi connectivity index (χ2n) is 16.6. The topological polar surface area (TPSA) is 169 Å². The second-order valence-corrected chi connectivity index (χ2v) is 16.6. The molecular weight excluding hydrogens is 777 g/mol. The number of piperazine rings is 2. The molecule has 0 spiro atoms. The second kappa shape index (κ2) is 21.6. The third-order valence-corrected chi connectivity index (χ3v) is 12.4. The van der Waals surface area contributed by atoms with Gasteiger partial charge in [-0.2, -0.15) is 0 Å². The summed E-state index contributed by atoms with van der Waals surface area (Å²) in [7, 11) is 0. The number of ether oxygens (including phenoxy) is 1. The Labute approximate surface area is 358 Å². The summed E-state index contributed by atoms with van der Waals surface area (Å²) in [5.74, 6) is -1.19. The van der Waals surface area contributed by atoms with Crippen molar-refractivity contribution < 1.29 is 38.6 Å². The maximum atomic E-state index is 13.1. The normalized spacial score (nSPS) is 18.4. The number of benzene rings is 3. The number of carbonyl (C=O) groups is 6. The molecule has 61 heavy (non-hydrogen) atoms. The van der Waals surface area contributed by atoms with Crippen molar-refractivity contribution in [2.45, 2.75) is 94.7 Å². The number of carboxylic acid groups (broad SMARTS) is 1. The summed E-state index contributed by atoms with van der Waals surface area (Å²) in [5.41, 5.74) is 0.758. The van der Waals surface area contributed by atoms with E-state index in [1.807, 2.05) is 91.0 Å². The number of carbonyl (C=O) groups excluding carboxylic acids is 5. The molecule has 7 rings (SSSR count). The Morgan fingerprint density at radius 2 is 0.820 bits per heavy atom. The van der Waals surface area contributed by atoms with Crippen molar-refractivity contribution in [2.24, 2.45) is 0 Å². The van der Waals surface area contributed by atoms with E-state index < -0.39 is 17.0 Å². The molecule has 4 aliphatic rings. The van der Waals surface area contributed by atoms with Crippen LogP contribution in [0.25, 0.3) is 0 Å². The molecule has 0 bridgehead atoms. The van der Waals surface area contributed by atoms with Crippen molar-refractivity contribution in [3.63, 3.8) is 0 Å². The highest BCUT2D eigenvalue weighted by molar-refractivity contribution is 5.88. The maximum Gasteiger partial charge on any atom is 0.332 e. The van der Waals surface area contributed by atoms with E-state index in [2.05, 4.69) is 10.6 Å². The summed E-state index contributed by atoms with van der Waals surface area (Å²) in [4.78, 5) is 82.5. The summed E-state index contributed by atoms with van der Waals surface area (Å²) < 4.78 is 5.64. The average Bonchev–Trinajstić information content (AvgIpc) is 3.30. The summed E-state index contributed by atoms with van der Waals surface area (Å²) >= 11 is 0. The van der Waals surface area contributed by atoms with Crippen LogP contribution >= 0.6 is 0 Å². The van der Waals surface area contributed by atoms with Crippen LogP contribution in [0.3, 0.4) is 0 Å². The molecule has 0 unspecified atom stereocenters. The number of carboxylic acids is 1. The third kappa shape index (κ3) is 12.3. The Morgan fingerprint density at radius 1 is 0.475 bits per heavy atom. The van der Waals surface area contributed by atoms with E-state index in [-0.39, 0.29) is 36.5 Å². The highest BCUT2D eigenvalue weighted by atomic mass is 16.5. The van der Waals surface area contributed by atoms with Gasteiger partial charge in [-0.3, -0.25) is 9.59 Å². The standard InChI is InChI=1S/C27H33N3O4.C20H27N3O4/c31-24(20-22-10-4-1-5-11-22)29-16-18-30(19-17-29)26(33)28-27(14-8-3-9-15-27)25(32)34-21-23-12-6-2-7-13-23;24-17(15-16-7-3-1-4-8-16)22-11-13-23(14-12-22)19(27)21-20(18(25)26)9-5-2-6-10-20/h1-2,4-7,10-13H,3,8-9,14-21H2,(H,28,33);1,3-4,7-8H,2,5-6,9-15H2,(H,21,27)(H,25,26). The fourth-order valence-electron chi connectivity index (χ4n) is 8.59. The first-order valence-electron chi connectivity index (χ1n) is 21.8. The first-order valence-corrected chi connectivity index (χ1v) is 21.8. The van der Waals surface area contributed by atoms with Crippen molar-refractivity contribution in [2.75, 3.05) is 52.4 Å². The van der Waals surface area contributed by atoms with E-state index in [0.717, 1.165) is 55.2 Å². The van der Waals surface area contributed by atoms with E-state index in [1.165, 1.54) is 0 Å². The predicted octanol–water partition coefficient (Wildman–Crippen LogP) is 5.40. The van der Waals surface area contributed by atoms with E-state index in [4.69, 9.17) is 4.74 Å². The Balaban J connectivity index is 0.000000210. The van der Waals surface area contributed by atoms with Gasteiger partial charge in [0.1, 0.15) is 17.7 Å². The molecule has 3 aromatic carbocycles. The average molecular weight is 837 g/mol. The van der Waals surface area contributed by atoms with Gasteiger partial charge < -0.3 is 40.1 Å². The quantitative estimate of drug-likeness (QED) is 0.228. The molecule has 14 nitrogen and oxygen atoms in total. The Bertz CT molecular complexity index is 1920. The molecule has 2 aliphatic carbocycles. The summed E-state index contributed by atoms with van der Waals surface area (Å²) in [5, 5.41) is 15.4. The fourth-order valence-corrected chi connectivity index (χ4v) is 8.59. The molecule has 3 N–H and O–H groups in total. The number of nitrogens with one attached hydrogen (secondary N) is 2. The number of hydrogen-bond donors (Lipinski definition) is 3. The van der Waals surface area contributed by atoms with Gasteiger partial charge in [0.05, 0.1) is 12.8 Å². The zero-order valence-electron chi connectivity index (χ0n) is 35.1. The van der Waals surface area contributed by atoms with Gasteiger partial charge in [-0.15, -0.1) is 0 Å². The van der Waals surface area contributed by atoms with Gasteiger partial charge in [-0.25, -0.2) is 19.2 Å². The summed E-state index contributed by atoms with van der Waals surface area (Å²) in [6.07, 6.45) is 8.28. The Morgan fingerprint density at radius 3 is 1.21 bits per heavy atom. The SMILES string of the molecule is O=C(Cc1ccccc1)N1CCN(C(=O)NC2(C(=O)O)CCCCC2)CC1.O=C(Cc1ccccc1)N1CCN(C(=O)NC2(C(=O)OCc3ccccc3)CCCCC2)CC1. The van der Waals surface area contributed by atoms with Gasteiger partial charge in [-0.05, 0) is 42.4 Å². The minimum atomic E-state index is -1.14. The predicted molar refractivity (Wildman–Crippen MR) is 229 cm³/mol. The van der Waals surface area contributed by atoms with Crippen molar-refractivity contribution in [3.8, 4) is 0 Å². The lowest BCUT2D eigenvalue weighted by Crippen LogP contribution is -2.61. The number of aliphatic carboxylic acids is 1. The van der Waals surface area contributed by atoms with Gasteiger partial charge in [0.2, 0.25) is 11.8 Å². The van der Waals surface area contributed by atoms with E-state index >= 15 is 0 Å². The number of amides is 6. The van der Waals surface area contributed by atoms with Gasteiger partial charge >= 0.3 is 24.0 Å². The van der Waals surface area contributed by atoms with Crippen LogP contribution in [-0.4, -0.2) is 124 Å². The minimum Gasteiger partial charge on any atom is -0.480 e. The smallest absolute Gasteiger partial charge is 0.332 e. The van der Waals surface area contributed by atoms with Crippen LogP contribution in [0.1, 0.15) is 80.9 Å². The molecular formula is C47H60N6O8. The van der Waals surface area contributed by atoms with Crippen LogP contribution in [0.4, 0.5) is 9.59 Å². The lowest BCUT2D eigenvalue weighted by molar-refractivity contribution is -0.154. The summed E-state index contributed by atoms with van der Waals surface area (Å²) in [6, 6.07) is 28.2. The molecule has 0 radical (unpaired) electrons. The molecule has 6 amide bonds. The fraction of sp³-hybridized carbons (Fsp3) is 0.489. The number of urea groups is 2. The molecule has 0 aromatic heterocycles.